The monoisotopic (exact) mass is 374 g/mol. The van der Waals surface area contributed by atoms with Crippen LogP contribution in [0.5, 0.6) is 0 Å². The number of hydrogen-bond donors (Lipinski definition) is 2. The molecule has 2 atom stereocenters. The number of carboxylic acid groups (broad SMARTS) is 1. The van der Waals surface area contributed by atoms with Crippen LogP contribution in [0.3, 0.4) is 0 Å². The van der Waals surface area contributed by atoms with Gasteiger partial charge in [-0.25, -0.2) is 4.79 Å². The Morgan fingerprint density at radius 3 is 2.60 bits per heavy atom. The number of nitrogens with one attached hydrogen (secondary N) is 1. The lowest BCUT2D eigenvalue weighted by molar-refractivity contribution is -0.141. The number of hydrogen-bond acceptors (Lipinski definition) is 5. The number of carbonyl (C=O) groups excluding carboxylic acids is 2. The van der Waals surface area contributed by atoms with Crippen molar-refractivity contribution in [2.75, 3.05) is 24.6 Å². The Kier molecular flexibility index (Phi) is 8.55. The molecule has 1 heterocycles. The van der Waals surface area contributed by atoms with E-state index in [1.54, 1.807) is 39.5 Å². The summed E-state index contributed by atoms with van der Waals surface area (Å²) in [6.45, 7) is 8.06. The second kappa shape index (κ2) is 9.89. The van der Waals surface area contributed by atoms with E-state index in [1.165, 1.54) is 4.90 Å². The molecule has 8 heteroatoms. The summed E-state index contributed by atoms with van der Waals surface area (Å²) < 4.78 is 5.39. The van der Waals surface area contributed by atoms with E-state index in [9.17, 15) is 14.4 Å². The van der Waals surface area contributed by atoms with Crippen LogP contribution in [0.2, 0.25) is 0 Å². The first kappa shape index (κ1) is 21.6. The normalized spacial score (nSPS) is 19.2. The summed E-state index contributed by atoms with van der Waals surface area (Å²) in [5, 5.41) is 11.7. The van der Waals surface area contributed by atoms with Gasteiger partial charge in [-0.1, -0.05) is 13.3 Å². The molecule has 0 aromatic heterocycles. The lowest BCUT2D eigenvalue weighted by Crippen LogP contribution is -2.55. The third kappa shape index (κ3) is 7.98. The predicted molar refractivity (Wildman–Crippen MR) is 97.7 cm³/mol. The summed E-state index contributed by atoms with van der Waals surface area (Å²) in [5.41, 5.74) is -0.594. The fourth-order valence-corrected chi connectivity index (χ4v) is 3.44. The van der Waals surface area contributed by atoms with Crippen molar-refractivity contribution in [2.24, 2.45) is 5.92 Å². The van der Waals surface area contributed by atoms with Gasteiger partial charge in [-0.05, 0) is 33.6 Å². The number of rotatable bonds is 7. The Balaban J connectivity index is 2.43. The van der Waals surface area contributed by atoms with Crippen molar-refractivity contribution in [1.29, 1.82) is 0 Å². The molecule has 1 rings (SSSR count). The first-order chi connectivity index (χ1) is 11.6. The molecule has 2 N–H and O–H groups in total. The number of amides is 2. The number of thioether (sulfide) groups is 1. The fourth-order valence-electron chi connectivity index (χ4n) is 2.39. The molecule has 0 aromatic carbocycles. The molecule has 7 nitrogen and oxygen atoms in total. The molecule has 2 unspecified atom stereocenters. The van der Waals surface area contributed by atoms with Gasteiger partial charge in [-0.15, -0.1) is 0 Å². The van der Waals surface area contributed by atoms with E-state index in [2.05, 4.69) is 5.32 Å². The minimum absolute atomic E-state index is 0.177. The average Bonchev–Trinajstić information content (AvgIpc) is 2.52. The highest BCUT2D eigenvalue weighted by molar-refractivity contribution is 7.99. The first-order valence-corrected chi connectivity index (χ1v) is 9.85. The Morgan fingerprint density at radius 2 is 2.00 bits per heavy atom. The number of aliphatic carboxylic acids is 1. The molecule has 0 aliphatic carbocycles. The van der Waals surface area contributed by atoms with Crippen molar-refractivity contribution in [2.45, 2.75) is 58.6 Å². The average molecular weight is 375 g/mol. The van der Waals surface area contributed by atoms with E-state index >= 15 is 0 Å². The van der Waals surface area contributed by atoms with E-state index < -0.39 is 23.7 Å². The summed E-state index contributed by atoms with van der Waals surface area (Å²) >= 11 is 1.65. The molecule has 0 spiro atoms. The van der Waals surface area contributed by atoms with Gasteiger partial charge < -0.3 is 15.2 Å². The molecule has 1 fully saturated rings. The smallest absolute Gasteiger partial charge is 0.411 e. The molecular formula is C17H30N2O5S. The first-order valence-electron chi connectivity index (χ1n) is 8.69. The SMILES string of the molecule is CC(CCCCNC(=O)C1CSCCN1C(=O)OC(C)(C)C)C(=O)O. The molecule has 1 aliphatic heterocycles. The number of carboxylic acids is 1. The number of unbranched alkanes of at least 4 members (excludes halogenated alkanes) is 1. The van der Waals surface area contributed by atoms with Crippen LogP contribution in [-0.4, -0.2) is 64.2 Å². The highest BCUT2D eigenvalue weighted by atomic mass is 32.2. The Hall–Kier alpha value is -1.44. The molecule has 144 valence electrons. The van der Waals surface area contributed by atoms with E-state index in [0.29, 0.717) is 25.3 Å². The van der Waals surface area contributed by atoms with Crippen molar-refractivity contribution in [1.82, 2.24) is 10.2 Å². The molecule has 0 saturated carbocycles. The van der Waals surface area contributed by atoms with Crippen LogP contribution in [0.15, 0.2) is 0 Å². The molecule has 0 aromatic rings. The summed E-state index contributed by atoms with van der Waals surface area (Å²) in [5.74, 6) is 0.00532. The van der Waals surface area contributed by atoms with Crippen LogP contribution in [0, 0.1) is 5.92 Å². The minimum atomic E-state index is -0.795. The lowest BCUT2D eigenvalue weighted by atomic mass is 10.0. The number of nitrogens with zero attached hydrogens (tertiary/aromatic N) is 1. The molecule has 2 amide bonds. The fraction of sp³-hybridized carbons (Fsp3) is 0.824. The van der Waals surface area contributed by atoms with Gasteiger partial charge in [0.15, 0.2) is 0 Å². The van der Waals surface area contributed by atoms with E-state index in [1.807, 2.05) is 0 Å². The van der Waals surface area contributed by atoms with Gasteiger partial charge in [0.2, 0.25) is 5.91 Å². The quantitative estimate of drug-likeness (QED) is 0.664. The molecule has 25 heavy (non-hydrogen) atoms. The van der Waals surface area contributed by atoms with Gasteiger partial charge in [0, 0.05) is 24.6 Å². The van der Waals surface area contributed by atoms with Gasteiger partial charge in [-0.2, -0.15) is 11.8 Å². The molecule has 1 aliphatic rings. The van der Waals surface area contributed by atoms with Gasteiger partial charge >= 0.3 is 12.1 Å². The Morgan fingerprint density at radius 1 is 1.32 bits per heavy atom. The largest absolute Gasteiger partial charge is 0.481 e. The van der Waals surface area contributed by atoms with Crippen LogP contribution >= 0.6 is 11.8 Å². The standard InChI is InChI=1S/C17H30N2O5S/c1-12(15(21)22)7-5-6-8-18-14(20)13-11-25-10-9-19(13)16(23)24-17(2,3)4/h12-13H,5-11H2,1-4H3,(H,18,20)(H,21,22). The Bertz CT molecular complexity index is 478. The van der Waals surface area contributed by atoms with Crippen LogP contribution in [0.1, 0.15) is 47.0 Å². The minimum Gasteiger partial charge on any atom is -0.481 e. The maximum atomic E-state index is 12.4. The molecule has 0 bridgehead atoms. The maximum Gasteiger partial charge on any atom is 0.411 e. The van der Waals surface area contributed by atoms with Gasteiger partial charge in [0.05, 0.1) is 5.92 Å². The van der Waals surface area contributed by atoms with Crippen LogP contribution in [-0.2, 0) is 14.3 Å². The van der Waals surface area contributed by atoms with Gasteiger partial charge in [0.1, 0.15) is 11.6 Å². The van der Waals surface area contributed by atoms with E-state index in [0.717, 1.165) is 18.6 Å². The van der Waals surface area contributed by atoms with Crippen molar-refractivity contribution in [3.05, 3.63) is 0 Å². The third-order valence-electron chi connectivity index (χ3n) is 3.84. The zero-order valence-electron chi connectivity index (χ0n) is 15.5. The second-order valence-corrected chi connectivity index (χ2v) is 8.44. The van der Waals surface area contributed by atoms with Crippen LogP contribution in [0.4, 0.5) is 4.79 Å². The number of ether oxygens (including phenoxy) is 1. The molecular weight excluding hydrogens is 344 g/mol. The zero-order chi connectivity index (χ0) is 19.0. The maximum absolute atomic E-state index is 12.4. The van der Waals surface area contributed by atoms with Gasteiger partial charge in [0.25, 0.3) is 0 Å². The summed E-state index contributed by atoms with van der Waals surface area (Å²) in [7, 11) is 0. The van der Waals surface area contributed by atoms with Crippen LogP contribution < -0.4 is 5.32 Å². The van der Waals surface area contributed by atoms with Crippen molar-refractivity contribution < 1.29 is 24.2 Å². The highest BCUT2D eigenvalue weighted by Gasteiger charge is 2.34. The van der Waals surface area contributed by atoms with E-state index in [-0.39, 0.29) is 11.8 Å². The molecule has 1 saturated heterocycles. The molecule has 0 radical (unpaired) electrons. The number of carbonyl (C=O) groups is 3. The summed E-state index contributed by atoms with van der Waals surface area (Å²) in [6, 6.07) is -0.522. The van der Waals surface area contributed by atoms with Crippen molar-refractivity contribution in [3.63, 3.8) is 0 Å². The van der Waals surface area contributed by atoms with Crippen LogP contribution in [0.25, 0.3) is 0 Å². The van der Waals surface area contributed by atoms with Crippen molar-refractivity contribution in [3.8, 4) is 0 Å². The highest BCUT2D eigenvalue weighted by Crippen LogP contribution is 2.20. The Labute approximate surface area is 153 Å². The van der Waals surface area contributed by atoms with E-state index in [4.69, 9.17) is 9.84 Å². The lowest BCUT2D eigenvalue weighted by Gasteiger charge is -2.35. The zero-order valence-corrected chi connectivity index (χ0v) is 16.4. The second-order valence-electron chi connectivity index (χ2n) is 7.29. The topological polar surface area (TPSA) is 95.9 Å². The third-order valence-corrected chi connectivity index (χ3v) is 4.87. The summed E-state index contributed by atoms with van der Waals surface area (Å²) in [6.07, 6.45) is 1.59. The predicted octanol–water partition coefficient (Wildman–Crippen LogP) is 2.35. The van der Waals surface area contributed by atoms with Crippen molar-refractivity contribution >= 4 is 29.7 Å². The van der Waals surface area contributed by atoms with Gasteiger partial charge in [-0.3, -0.25) is 14.5 Å². The summed E-state index contributed by atoms with van der Waals surface area (Å²) in [4.78, 5) is 37.0.